The highest BCUT2D eigenvalue weighted by atomic mass is 79.9. The minimum Gasteiger partial charge on any atom is -0.455 e. The highest BCUT2D eigenvalue weighted by Crippen LogP contribution is 2.19. The Morgan fingerprint density at radius 2 is 1.78 bits per heavy atom. The molecular formula is C18H18BrNO3. The van der Waals surface area contributed by atoms with Gasteiger partial charge in [-0.1, -0.05) is 45.8 Å². The van der Waals surface area contributed by atoms with Gasteiger partial charge in [0.2, 0.25) is 0 Å². The number of rotatable bonds is 5. The maximum Gasteiger partial charge on any atom is 0.310 e. The second-order valence-electron chi connectivity index (χ2n) is 5.33. The van der Waals surface area contributed by atoms with Gasteiger partial charge in [-0.25, -0.2) is 0 Å². The lowest BCUT2D eigenvalue weighted by Gasteiger charge is -2.09. The molecule has 0 atom stereocenters. The van der Waals surface area contributed by atoms with Crippen molar-refractivity contribution in [3.05, 3.63) is 63.6 Å². The van der Waals surface area contributed by atoms with E-state index in [1.165, 1.54) is 0 Å². The van der Waals surface area contributed by atoms with Crippen LogP contribution in [0.5, 0.6) is 0 Å². The molecule has 0 aromatic heterocycles. The number of aryl methyl sites for hydroxylation is 2. The fourth-order valence-electron chi connectivity index (χ4n) is 2.02. The molecule has 0 bridgehead atoms. The molecule has 0 saturated heterocycles. The summed E-state index contributed by atoms with van der Waals surface area (Å²) in [7, 11) is 0. The van der Waals surface area contributed by atoms with Crippen LogP contribution in [0, 0.1) is 13.8 Å². The summed E-state index contributed by atoms with van der Waals surface area (Å²) < 4.78 is 5.96. The number of anilines is 1. The van der Waals surface area contributed by atoms with Crippen LogP contribution >= 0.6 is 15.9 Å². The summed E-state index contributed by atoms with van der Waals surface area (Å²) in [6.45, 7) is 3.58. The molecule has 0 unspecified atom stereocenters. The van der Waals surface area contributed by atoms with E-state index in [9.17, 15) is 9.59 Å². The van der Waals surface area contributed by atoms with Crippen molar-refractivity contribution in [2.24, 2.45) is 0 Å². The Balaban J connectivity index is 1.81. The number of ether oxygens (including phenoxy) is 1. The molecule has 2 rings (SSSR count). The maximum absolute atomic E-state index is 11.9. The Bertz CT molecular complexity index is 711. The zero-order chi connectivity index (χ0) is 16.8. The van der Waals surface area contributed by atoms with Crippen LogP contribution in [0.15, 0.2) is 46.9 Å². The maximum atomic E-state index is 11.9. The Kier molecular flexibility index (Phi) is 5.93. The number of nitrogens with one attached hydrogen (secondary N) is 1. The van der Waals surface area contributed by atoms with Crippen molar-refractivity contribution in [2.45, 2.75) is 20.3 Å². The van der Waals surface area contributed by atoms with Crippen LogP contribution in [0.3, 0.4) is 0 Å². The van der Waals surface area contributed by atoms with E-state index < -0.39 is 5.97 Å². The average Bonchev–Trinajstić information content (AvgIpc) is 2.50. The fraction of sp³-hybridized carbons (Fsp3) is 0.222. The van der Waals surface area contributed by atoms with E-state index in [1.54, 1.807) is 6.07 Å². The molecule has 0 heterocycles. The molecule has 2 aromatic rings. The molecule has 1 amide bonds. The normalized spacial score (nSPS) is 10.2. The van der Waals surface area contributed by atoms with Crippen LogP contribution in [0.4, 0.5) is 5.69 Å². The third kappa shape index (κ3) is 5.53. The molecular weight excluding hydrogens is 358 g/mol. The van der Waals surface area contributed by atoms with E-state index in [4.69, 9.17) is 4.74 Å². The molecule has 0 aliphatic rings. The fourth-order valence-corrected chi connectivity index (χ4v) is 2.50. The van der Waals surface area contributed by atoms with Crippen molar-refractivity contribution in [1.82, 2.24) is 0 Å². The molecule has 5 heteroatoms. The number of carbonyl (C=O) groups is 2. The van der Waals surface area contributed by atoms with E-state index in [1.807, 2.05) is 50.2 Å². The molecule has 1 N–H and O–H groups in total. The summed E-state index contributed by atoms with van der Waals surface area (Å²) in [6.07, 6.45) is 0.158. The number of benzene rings is 2. The van der Waals surface area contributed by atoms with Crippen molar-refractivity contribution in [1.29, 1.82) is 0 Å². The molecule has 120 valence electrons. The summed E-state index contributed by atoms with van der Waals surface area (Å²) in [6, 6.07) is 13.2. The molecule has 0 radical (unpaired) electrons. The van der Waals surface area contributed by atoms with Gasteiger partial charge in [0.25, 0.3) is 5.91 Å². The molecule has 4 nitrogen and oxygen atoms in total. The van der Waals surface area contributed by atoms with Gasteiger partial charge in [0, 0.05) is 10.2 Å². The summed E-state index contributed by atoms with van der Waals surface area (Å²) in [4.78, 5) is 23.6. The van der Waals surface area contributed by atoms with Crippen LogP contribution in [0.25, 0.3) is 0 Å². The molecule has 0 spiro atoms. The first-order valence-electron chi connectivity index (χ1n) is 7.21. The topological polar surface area (TPSA) is 55.4 Å². The standard InChI is InChI=1S/C18H18BrNO3/c1-12-3-5-14(6-4-12)10-18(22)23-11-17(21)20-16-8-7-15(19)9-13(16)2/h3-9H,10-11H2,1-2H3,(H,20,21). The number of hydrogen-bond donors (Lipinski definition) is 1. The third-order valence-electron chi connectivity index (χ3n) is 3.30. The smallest absolute Gasteiger partial charge is 0.310 e. The van der Waals surface area contributed by atoms with E-state index in [-0.39, 0.29) is 18.9 Å². The number of esters is 1. The van der Waals surface area contributed by atoms with Gasteiger partial charge in [0.15, 0.2) is 6.61 Å². The molecule has 0 aliphatic carbocycles. The van der Waals surface area contributed by atoms with Gasteiger partial charge >= 0.3 is 5.97 Å². The van der Waals surface area contributed by atoms with Gasteiger partial charge in [0.1, 0.15) is 0 Å². The minimum atomic E-state index is -0.420. The zero-order valence-corrected chi connectivity index (χ0v) is 14.6. The summed E-state index contributed by atoms with van der Waals surface area (Å²) in [5.41, 5.74) is 3.63. The Hall–Kier alpha value is -2.14. The van der Waals surface area contributed by atoms with Crippen molar-refractivity contribution in [3.8, 4) is 0 Å². The minimum absolute atomic E-state index is 0.158. The Morgan fingerprint density at radius 1 is 1.09 bits per heavy atom. The van der Waals surface area contributed by atoms with Crippen molar-refractivity contribution < 1.29 is 14.3 Å². The van der Waals surface area contributed by atoms with Gasteiger partial charge in [-0.3, -0.25) is 9.59 Å². The van der Waals surface area contributed by atoms with E-state index in [2.05, 4.69) is 21.2 Å². The van der Waals surface area contributed by atoms with E-state index in [0.717, 1.165) is 21.2 Å². The van der Waals surface area contributed by atoms with Crippen LogP contribution in [0.1, 0.15) is 16.7 Å². The lowest BCUT2D eigenvalue weighted by atomic mass is 10.1. The van der Waals surface area contributed by atoms with Gasteiger partial charge in [0.05, 0.1) is 6.42 Å². The van der Waals surface area contributed by atoms with Crippen LogP contribution in [-0.2, 0) is 20.7 Å². The number of halogens is 1. The summed E-state index contributed by atoms with van der Waals surface area (Å²) in [5.74, 6) is -0.774. The first-order valence-corrected chi connectivity index (χ1v) is 8.00. The zero-order valence-electron chi connectivity index (χ0n) is 13.1. The van der Waals surface area contributed by atoms with Gasteiger partial charge in [-0.05, 0) is 43.2 Å². The van der Waals surface area contributed by atoms with Crippen molar-refractivity contribution >= 4 is 33.5 Å². The predicted octanol–water partition coefficient (Wildman–Crippen LogP) is 3.79. The first-order chi connectivity index (χ1) is 10.9. The summed E-state index contributed by atoms with van der Waals surface area (Å²) in [5, 5.41) is 2.73. The monoisotopic (exact) mass is 375 g/mol. The second kappa shape index (κ2) is 7.92. The van der Waals surface area contributed by atoms with Gasteiger partial charge in [-0.2, -0.15) is 0 Å². The second-order valence-corrected chi connectivity index (χ2v) is 6.25. The van der Waals surface area contributed by atoms with E-state index in [0.29, 0.717) is 5.69 Å². The SMILES string of the molecule is Cc1ccc(CC(=O)OCC(=O)Nc2ccc(Br)cc2C)cc1. The Labute approximate surface area is 144 Å². The quantitative estimate of drug-likeness (QED) is 0.808. The molecule has 23 heavy (non-hydrogen) atoms. The number of amides is 1. The molecule has 0 fully saturated rings. The third-order valence-corrected chi connectivity index (χ3v) is 3.79. The number of carbonyl (C=O) groups excluding carboxylic acids is 2. The first kappa shape index (κ1) is 17.2. The highest BCUT2D eigenvalue weighted by Gasteiger charge is 2.10. The van der Waals surface area contributed by atoms with Crippen LogP contribution < -0.4 is 5.32 Å². The molecule has 0 saturated carbocycles. The molecule has 2 aromatic carbocycles. The number of hydrogen-bond acceptors (Lipinski definition) is 3. The van der Waals surface area contributed by atoms with Crippen LogP contribution in [0.2, 0.25) is 0 Å². The largest absolute Gasteiger partial charge is 0.455 e. The highest BCUT2D eigenvalue weighted by molar-refractivity contribution is 9.10. The molecule has 0 aliphatic heterocycles. The van der Waals surface area contributed by atoms with E-state index >= 15 is 0 Å². The van der Waals surface area contributed by atoms with Gasteiger partial charge in [-0.15, -0.1) is 0 Å². The van der Waals surface area contributed by atoms with Crippen LogP contribution in [-0.4, -0.2) is 18.5 Å². The average molecular weight is 376 g/mol. The van der Waals surface area contributed by atoms with Crippen molar-refractivity contribution in [3.63, 3.8) is 0 Å². The summed E-state index contributed by atoms with van der Waals surface area (Å²) >= 11 is 3.37. The lowest BCUT2D eigenvalue weighted by molar-refractivity contribution is -0.146. The Morgan fingerprint density at radius 3 is 2.43 bits per heavy atom. The van der Waals surface area contributed by atoms with Gasteiger partial charge < -0.3 is 10.1 Å². The van der Waals surface area contributed by atoms with Crippen molar-refractivity contribution in [2.75, 3.05) is 11.9 Å². The predicted molar refractivity (Wildman–Crippen MR) is 93.4 cm³/mol. The lowest BCUT2D eigenvalue weighted by Crippen LogP contribution is -2.22.